The predicted octanol–water partition coefficient (Wildman–Crippen LogP) is 5.36. The van der Waals surface area contributed by atoms with E-state index >= 15 is 0 Å². The number of benzene rings is 2. The van der Waals surface area contributed by atoms with E-state index in [1.54, 1.807) is 23.1 Å². The first-order valence-corrected chi connectivity index (χ1v) is 11.2. The molecule has 0 aromatic heterocycles. The van der Waals surface area contributed by atoms with Crippen LogP contribution in [0.4, 0.5) is 0 Å². The van der Waals surface area contributed by atoms with Gasteiger partial charge in [0.05, 0.1) is 30.4 Å². The molecule has 1 aliphatic heterocycles. The molecule has 0 spiro atoms. The number of ketones is 1. The van der Waals surface area contributed by atoms with Gasteiger partial charge in [0.2, 0.25) is 0 Å². The number of hydrogen-bond acceptors (Lipinski definition) is 5. The van der Waals surface area contributed by atoms with E-state index < -0.39 is 17.7 Å². The normalized spacial score (nSPS) is 17.6. The molecule has 0 aliphatic carbocycles. The van der Waals surface area contributed by atoms with Gasteiger partial charge in [-0.3, -0.25) is 9.59 Å². The first kappa shape index (κ1) is 23.7. The van der Waals surface area contributed by atoms with Gasteiger partial charge in [-0.1, -0.05) is 43.5 Å². The summed E-state index contributed by atoms with van der Waals surface area (Å²) in [5.41, 5.74) is 1.09. The Bertz CT molecular complexity index is 1030. The topological polar surface area (TPSA) is 76.1 Å². The Morgan fingerprint density at radius 1 is 1.12 bits per heavy atom. The van der Waals surface area contributed by atoms with Crippen molar-refractivity contribution in [3.63, 3.8) is 0 Å². The Hall–Kier alpha value is -2.99. The van der Waals surface area contributed by atoms with E-state index in [-0.39, 0.29) is 11.3 Å². The van der Waals surface area contributed by atoms with Gasteiger partial charge in [0, 0.05) is 12.1 Å². The number of carbonyl (C=O) groups excluding carboxylic acids is 2. The van der Waals surface area contributed by atoms with Crippen LogP contribution in [0.1, 0.15) is 50.3 Å². The first-order chi connectivity index (χ1) is 15.4. The van der Waals surface area contributed by atoms with Crippen LogP contribution in [0.5, 0.6) is 11.5 Å². The summed E-state index contributed by atoms with van der Waals surface area (Å²) in [4.78, 5) is 27.6. The van der Waals surface area contributed by atoms with Gasteiger partial charge in [-0.15, -0.1) is 0 Å². The van der Waals surface area contributed by atoms with Crippen LogP contribution in [0, 0.1) is 0 Å². The van der Waals surface area contributed by atoms with E-state index in [1.165, 1.54) is 13.2 Å². The smallest absolute Gasteiger partial charge is 0.295 e. The largest absolute Gasteiger partial charge is 0.507 e. The molecule has 170 valence electrons. The molecule has 1 N–H and O–H groups in total. The van der Waals surface area contributed by atoms with E-state index in [1.807, 2.05) is 25.1 Å². The summed E-state index contributed by atoms with van der Waals surface area (Å²) in [5, 5.41) is 11.4. The van der Waals surface area contributed by atoms with Crippen molar-refractivity contribution < 1.29 is 24.2 Å². The third-order valence-electron chi connectivity index (χ3n) is 5.45. The highest BCUT2D eigenvalue weighted by Crippen LogP contribution is 2.41. The van der Waals surface area contributed by atoms with E-state index in [0.29, 0.717) is 40.8 Å². The fourth-order valence-corrected chi connectivity index (χ4v) is 4.16. The van der Waals surface area contributed by atoms with Gasteiger partial charge < -0.3 is 19.5 Å². The average Bonchev–Trinajstić information content (AvgIpc) is 3.04. The monoisotopic (exact) mass is 457 g/mol. The molecule has 3 rings (SSSR count). The number of likely N-dealkylation sites (tertiary alicyclic amines) is 1. The number of hydrogen-bond donors (Lipinski definition) is 1. The highest BCUT2D eigenvalue weighted by atomic mass is 35.5. The van der Waals surface area contributed by atoms with Gasteiger partial charge in [0.15, 0.2) is 0 Å². The highest BCUT2D eigenvalue weighted by molar-refractivity contribution is 6.46. The maximum Gasteiger partial charge on any atom is 0.295 e. The zero-order valence-electron chi connectivity index (χ0n) is 18.6. The lowest BCUT2D eigenvalue weighted by atomic mass is 9.95. The number of halogens is 1. The van der Waals surface area contributed by atoms with Crippen LogP contribution in [0.3, 0.4) is 0 Å². The number of nitrogens with zero attached hydrogens (tertiary/aromatic N) is 1. The number of carbonyl (C=O) groups is 2. The third-order valence-corrected chi connectivity index (χ3v) is 5.75. The van der Waals surface area contributed by atoms with Gasteiger partial charge in [-0.2, -0.15) is 0 Å². The molecule has 1 amide bonds. The maximum atomic E-state index is 13.1. The molecular formula is C25H28ClNO5. The number of Topliss-reactive ketones (excluding diaryl/α,β-unsaturated/α-hetero) is 1. The molecule has 6 nitrogen and oxygen atoms in total. The summed E-state index contributed by atoms with van der Waals surface area (Å²) < 4.78 is 10.8. The Morgan fingerprint density at radius 2 is 1.91 bits per heavy atom. The number of aliphatic hydroxyl groups excluding tert-OH is 1. The number of methoxy groups -OCH3 is 1. The molecule has 2 aromatic rings. The SMILES string of the molecule is CCCCCN1C(=O)C(=O)/C(=C(/O)c2ccc(OC)c(Cl)c2)C1c1cccc(OCC)c1. The van der Waals surface area contributed by atoms with Gasteiger partial charge >= 0.3 is 0 Å². The molecule has 1 unspecified atom stereocenters. The van der Waals surface area contributed by atoms with Crippen molar-refractivity contribution in [2.24, 2.45) is 0 Å². The van der Waals surface area contributed by atoms with E-state index in [0.717, 1.165) is 19.3 Å². The minimum absolute atomic E-state index is 0.0429. The van der Waals surface area contributed by atoms with E-state index in [9.17, 15) is 14.7 Å². The Labute approximate surface area is 193 Å². The summed E-state index contributed by atoms with van der Waals surface area (Å²) in [7, 11) is 1.49. The zero-order chi connectivity index (χ0) is 23.3. The maximum absolute atomic E-state index is 13.1. The molecule has 1 heterocycles. The van der Waals surface area contributed by atoms with Crippen LogP contribution in [0.25, 0.3) is 5.76 Å². The van der Waals surface area contributed by atoms with Crippen LogP contribution in [-0.4, -0.2) is 42.0 Å². The summed E-state index contributed by atoms with van der Waals surface area (Å²) in [6, 6.07) is 11.3. The predicted molar refractivity (Wildman–Crippen MR) is 124 cm³/mol. The molecule has 1 fully saturated rings. The minimum atomic E-state index is -0.715. The van der Waals surface area contributed by atoms with Crippen molar-refractivity contribution in [3.05, 3.63) is 64.2 Å². The van der Waals surface area contributed by atoms with Crippen LogP contribution in [0.15, 0.2) is 48.0 Å². The van der Waals surface area contributed by atoms with Crippen LogP contribution in [-0.2, 0) is 9.59 Å². The summed E-state index contributed by atoms with van der Waals surface area (Å²) in [6.45, 7) is 4.87. The van der Waals surface area contributed by atoms with Gasteiger partial charge in [-0.05, 0) is 49.2 Å². The van der Waals surface area contributed by atoms with Crippen LogP contribution >= 0.6 is 11.6 Å². The van der Waals surface area contributed by atoms with Crippen molar-refractivity contribution in [1.29, 1.82) is 0 Å². The molecule has 32 heavy (non-hydrogen) atoms. The highest BCUT2D eigenvalue weighted by Gasteiger charge is 2.45. The van der Waals surface area contributed by atoms with Crippen LogP contribution in [0.2, 0.25) is 5.02 Å². The number of aliphatic hydroxyl groups is 1. The molecule has 0 bridgehead atoms. The Kier molecular flexibility index (Phi) is 7.80. The van der Waals surface area contributed by atoms with Crippen molar-refractivity contribution in [2.45, 2.75) is 39.2 Å². The minimum Gasteiger partial charge on any atom is -0.507 e. The van der Waals surface area contributed by atoms with E-state index in [4.69, 9.17) is 21.1 Å². The van der Waals surface area contributed by atoms with Crippen molar-refractivity contribution in [3.8, 4) is 11.5 Å². The Morgan fingerprint density at radius 3 is 2.56 bits per heavy atom. The zero-order valence-corrected chi connectivity index (χ0v) is 19.3. The van der Waals surface area contributed by atoms with Crippen molar-refractivity contribution >= 4 is 29.1 Å². The number of ether oxygens (including phenoxy) is 2. The molecule has 2 aromatic carbocycles. The molecule has 1 aliphatic rings. The lowest BCUT2D eigenvalue weighted by Crippen LogP contribution is -2.30. The molecule has 0 saturated carbocycles. The summed E-state index contributed by atoms with van der Waals surface area (Å²) >= 11 is 6.23. The second-order valence-electron chi connectivity index (χ2n) is 7.55. The number of amides is 1. The molecule has 0 radical (unpaired) electrons. The third kappa shape index (κ3) is 4.75. The summed E-state index contributed by atoms with van der Waals surface area (Å²) in [5.74, 6) is -0.509. The van der Waals surface area contributed by atoms with Gasteiger partial charge in [-0.25, -0.2) is 0 Å². The second-order valence-corrected chi connectivity index (χ2v) is 7.96. The fourth-order valence-electron chi connectivity index (χ4n) is 3.90. The number of unbranched alkanes of at least 4 members (excludes halogenated alkanes) is 2. The quantitative estimate of drug-likeness (QED) is 0.237. The average molecular weight is 458 g/mol. The van der Waals surface area contributed by atoms with Crippen molar-refractivity contribution in [2.75, 3.05) is 20.3 Å². The van der Waals surface area contributed by atoms with E-state index in [2.05, 4.69) is 6.92 Å². The first-order valence-electron chi connectivity index (χ1n) is 10.8. The van der Waals surface area contributed by atoms with Crippen molar-refractivity contribution in [1.82, 2.24) is 4.90 Å². The summed E-state index contributed by atoms with van der Waals surface area (Å²) in [6.07, 6.45) is 2.68. The fraction of sp³-hybridized carbons (Fsp3) is 0.360. The Balaban J connectivity index is 2.13. The van der Waals surface area contributed by atoms with Gasteiger partial charge in [0.1, 0.15) is 17.3 Å². The number of rotatable bonds is 9. The standard InChI is InChI=1S/C25H28ClNO5/c1-4-6-7-13-27-22(16-9-8-10-18(14-16)32-5-2)21(24(29)25(27)30)23(28)17-11-12-20(31-3)19(26)15-17/h8-12,14-15,22,28H,4-7,13H2,1-3H3/b23-21+. The lowest BCUT2D eigenvalue weighted by molar-refractivity contribution is -0.139. The van der Waals surface area contributed by atoms with Gasteiger partial charge in [0.25, 0.3) is 11.7 Å². The molecule has 7 heteroatoms. The molecule has 1 saturated heterocycles. The lowest BCUT2D eigenvalue weighted by Gasteiger charge is -2.25. The molecule has 1 atom stereocenters. The second kappa shape index (κ2) is 10.6. The van der Waals surface area contributed by atoms with Crippen LogP contribution < -0.4 is 9.47 Å². The molecular weight excluding hydrogens is 430 g/mol.